The molecule has 0 spiro atoms. The van der Waals surface area contributed by atoms with Gasteiger partial charge in [-0.2, -0.15) is 0 Å². The maximum absolute atomic E-state index is 9.24. The van der Waals surface area contributed by atoms with Gasteiger partial charge < -0.3 is 19.3 Å². The quantitative estimate of drug-likeness (QED) is 0.889. The van der Waals surface area contributed by atoms with Gasteiger partial charge in [-0.05, 0) is 24.2 Å². The zero-order chi connectivity index (χ0) is 13.2. The Kier molecular flexibility index (Phi) is 3.59. The van der Waals surface area contributed by atoms with Gasteiger partial charge in [-0.25, -0.2) is 0 Å². The summed E-state index contributed by atoms with van der Waals surface area (Å²) >= 11 is 0. The number of aliphatic hydroxyl groups excluding tert-OH is 1. The van der Waals surface area contributed by atoms with E-state index >= 15 is 0 Å². The number of fused-ring (bicyclic) bond motifs is 1. The number of hydrogen-bond donors (Lipinski definition) is 1. The molecular formula is C14H19NO4. The number of nitrogens with zero attached hydrogens (tertiary/aromatic N) is 1. The van der Waals surface area contributed by atoms with Crippen molar-refractivity contribution < 1.29 is 19.3 Å². The molecule has 0 bridgehead atoms. The Balaban J connectivity index is 1.85. The summed E-state index contributed by atoms with van der Waals surface area (Å²) in [6, 6.07) is 5.90. The molecule has 3 rings (SSSR count). The molecule has 1 N–H and O–H groups in total. The van der Waals surface area contributed by atoms with Gasteiger partial charge in [0.15, 0.2) is 11.5 Å². The second-order valence-electron chi connectivity index (χ2n) is 4.78. The van der Waals surface area contributed by atoms with Gasteiger partial charge in [-0.15, -0.1) is 0 Å². The molecule has 2 heterocycles. The molecule has 0 amide bonds. The fourth-order valence-electron chi connectivity index (χ4n) is 2.57. The predicted octanol–water partition coefficient (Wildman–Crippen LogP) is 1.17. The Hall–Kier alpha value is -1.30. The maximum Gasteiger partial charge on any atom is 0.161 e. The first-order chi connectivity index (χ1) is 9.31. The molecule has 2 unspecified atom stereocenters. The first kappa shape index (κ1) is 12.7. The Labute approximate surface area is 112 Å². The summed E-state index contributed by atoms with van der Waals surface area (Å²) in [5.41, 5.74) is 1.04. The summed E-state index contributed by atoms with van der Waals surface area (Å²) in [6.07, 6.45) is -0.226. The molecule has 5 heteroatoms. The standard InChI is InChI=1S/C14H19NO4/c1-2-15-8-11(9-16)19-14(15)10-3-4-12-13(7-10)18-6-5-17-12/h3-4,7,11,14,16H,2,5-6,8-9H2,1H3. The van der Waals surface area contributed by atoms with Crippen molar-refractivity contribution in [2.24, 2.45) is 0 Å². The number of rotatable bonds is 3. The molecule has 1 aromatic carbocycles. The molecule has 0 aliphatic carbocycles. The van der Waals surface area contributed by atoms with Gasteiger partial charge in [0.25, 0.3) is 0 Å². The Morgan fingerprint density at radius 2 is 2.05 bits per heavy atom. The van der Waals surface area contributed by atoms with Crippen LogP contribution in [-0.4, -0.2) is 49.0 Å². The van der Waals surface area contributed by atoms with Crippen LogP contribution in [0, 0.1) is 0 Å². The summed E-state index contributed by atoms with van der Waals surface area (Å²) in [6.45, 7) is 4.96. The van der Waals surface area contributed by atoms with E-state index < -0.39 is 0 Å². The highest BCUT2D eigenvalue weighted by Gasteiger charge is 2.33. The normalized spacial score (nSPS) is 26.6. The molecule has 2 aliphatic heterocycles. The largest absolute Gasteiger partial charge is 0.486 e. The molecule has 2 atom stereocenters. The van der Waals surface area contributed by atoms with Gasteiger partial charge in [-0.1, -0.05) is 13.0 Å². The van der Waals surface area contributed by atoms with Crippen molar-refractivity contribution in [3.05, 3.63) is 23.8 Å². The minimum absolute atomic E-state index is 0.0531. The third-order valence-corrected chi connectivity index (χ3v) is 3.55. The van der Waals surface area contributed by atoms with Crippen LogP contribution in [0.1, 0.15) is 18.7 Å². The van der Waals surface area contributed by atoms with Crippen LogP contribution in [0.2, 0.25) is 0 Å². The van der Waals surface area contributed by atoms with Crippen LogP contribution in [0.4, 0.5) is 0 Å². The molecule has 0 aromatic heterocycles. The van der Waals surface area contributed by atoms with E-state index in [1.54, 1.807) is 0 Å². The molecular weight excluding hydrogens is 246 g/mol. The van der Waals surface area contributed by atoms with Crippen molar-refractivity contribution in [1.29, 1.82) is 0 Å². The number of likely N-dealkylation sites (N-methyl/N-ethyl adjacent to an activating group) is 1. The van der Waals surface area contributed by atoms with Crippen molar-refractivity contribution in [1.82, 2.24) is 4.90 Å². The van der Waals surface area contributed by atoms with Crippen LogP contribution < -0.4 is 9.47 Å². The van der Waals surface area contributed by atoms with Gasteiger partial charge >= 0.3 is 0 Å². The molecule has 0 radical (unpaired) electrons. The molecule has 19 heavy (non-hydrogen) atoms. The van der Waals surface area contributed by atoms with Crippen LogP contribution in [-0.2, 0) is 4.74 Å². The maximum atomic E-state index is 9.24. The number of ether oxygens (including phenoxy) is 3. The molecule has 5 nitrogen and oxygen atoms in total. The predicted molar refractivity (Wildman–Crippen MR) is 69.4 cm³/mol. The van der Waals surface area contributed by atoms with E-state index in [1.165, 1.54) is 0 Å². The van der Waals surface area contributed by atoms with E-state index in [0.717, 1.165) is 30.2 Å². The number of benzene rings is 1. The van der Waals surface area contributed by atoms with Crippen LogP contribution in [0.5, 0.6) is 11.5 Å². The van der Waals surface area contributed by atoms with E-state index in [4.69, 9.17) is 14.2 Å². The van der Waals surface area contributed by atoms with E-state index in [1.807, 2.05) is 18.2 Å². The highest BCUT2D eigenvalue weighted by atomic mass is 16.6. The summed E-state index contributed by atoms with van der Waals surface area (Å²) < 4.78 is 17.0. The lowest BCUT2D eigenvalue weighted by Crippen LogP contribution is -2.25. The smallest absolute Gasteiger partial charge is 0.161 e. The van der Waals surface area contributed by atoms with E-state index in [-0.39, 0.29) is 18.9 Å². The third kappa shape index (κ3) is 2.41. The zero-order valence-corrected chi connectivity index (χ0v) is 11.0. The van der Waals surface area contributed by atoms with Gasteiger partial charge in [0.2, 0.25) is 0 Å². The van der Waals surface area contributed by atoms with Gasteiger partial charge in [-0.3, -0.25) is 4.90 Å². The second-order valence-corrected chi connectivity index (χ2v) is 4.78. The molecule has 2 aliphatic rings. The number of hydrogen-bond acceptors (Lipinski definition) is 5. The lowest BCUT2D eigenvalue weighted by Gasteiger charge is -2.24. The third-order valence-electron chi connectivity index (χ3n) is 3.55. The summed E-state index contributed by atoms with van der Waals surface area (Å²) in [5.74, 6) is 1.56. The van der Waals surface area contributed by atoms with Crippen molar-refractivity contribution in [3.8, 4) is 11.5 Å². The van der Waals surface area contributed by atoms with Gasteiger partial charge in [0, 0.05) is 6.54 Å². The highest BCUT2D eigenvalue weighted by molar-refractivity contribution is 5.44. The SMILES string of the molecule is CCN1CC(CO)OC1c1ccc2c(c1)OCCO2. The first-order valence-corrected chi connectivity index (χ1v) is 6.71. The van der Waals surface area contributed by atoms with Crippen molar-refractivity contribution in [3.63, 3.8) is 0 Å². The van der Waals surface area contributed by atoms with Crippen LogP contribution >= 0.6 is 0 Å². The first-order valence-electron chi connectivity index (χ1n) is 6.71. The van der Waals surface area contributed by atoms with Crippen molar-refractivity contribution in [2.75, 3.05) is 32.9 Å². The van der Waals surface area contributed by atoms with E-state index in [2.05, 4.69) is 11.8 Å². The molecule has 1 saturated heterocycles. The summed E-state index contributed by atoms with van der Waals surface area (Å²) in [7, 11) is 0. The minimum Gasteiger partial charge on any atom is -0.486 e. The summed E-state index contributed by atoms with van der Waals surface area (Å²) in [4.78, 5) is 2.20. The fraction of sp³-hybridized carbons (Fsp3) is 0.571. The van der Waals surface area contributed by atoms with Gasteiger partial charge in [0.05, 0.1) is 12.7 Å². The lowest BCUT2D eigenvalue weighted by atomic mass is 10.1. The average molecular weight is 265 g/mol. The van der Waals surface area contributed by atoms with E-state index in [0.29, 0.717) is 13.2 Å². The fourth-order valence-corrected chi connectivity index (χ4v) is 2.57. The Morgan fingerprint density at radius 3 is 2.79 bits per heavy atom. The van der Waals surface area contributed by atoms with Crippen LogP contribution in [0.15, 0.2) is 18.2 Å². The zero-order valence-electron chi connectivity index (χ0n) is 11.0. The van der Waals surface area contributed by atoms with Gasteiger partial charge in [0.1, 0.15) is 19.4 Å². The Bertz CT molecular complexity index is 451. The van der Waals surface area contributed by atoms with Crippen molar-refractivity contribution in [2.45, 2.75) is 19.3 Å². The molecule has 1 aromatic rings. The van der Waals surface area contributed by atoms with Crippen LogP contribution in [0.25, 0.3) is 0 Å². The van der Waals surface area contributed by atoms with E-state index in [9.17, 15) is 5.11 Å². The monoisotopic (exact) mass is 265 g/mol. The number of aliphatic hydroxyl groups is 1. The average Bonchev–Trinajstić information content (AvgIpc) is 2.90. The minimum atomic E-state index is -0.113. The lowest BCUT2D eigenvalue weighted by molar-refractivity contribution is -0.0186. The molecule has 1 fully saturated rings. The molecule has 104 valence electrons. The second kappa shape index (κ2) is 5.36. The van der Waals surface area contributed by atoms with Crippen LogP contribution in [0.3, 0.4) is 0 Å². The molecule has 0 saturated carbocycles. The highest BCUT2D eigenvalue weighted by Crippen LogP contribution is 2.36. The topological polar surface area (TPSA) is 51.2 Å². The Morgan fingerprint density at radius 1 is 1.26 bits per heavy atom. The summed E-state index contributed by atoms with van der Waals surface area (Å²) in [5, 5.41) is 9.24. The van der Waals surface area contributed by atoms with Crippen molar-refractivity contribution >= 4 is 0 Å².